The standard InChI is InChI=1S/C20H15ClN2S.C11H11NO2/c21-20-19(22-24-23-20)14-7-8-16-13(11-14)6-10-17-15-4-2-1-3-12(15)5-9-18(16)17;1-13-10-5-8-3-4-12-7-9(8)6-11(10)14-2/h1-6,9-10,14H,7-8,11H2;3-7H,1-2H3. The number of halogens is 1. The van der Waals surface area contributed by atoms with Crippen LogP contribution in [0.4, 0.5) is 0 Å². The molecule has 0 bridgehead atoms. The molecule has 1 atom stereocenters. The average molecular weight is 540 g/mol. The third-order valence-electron chi connectivity index (χ3n) is 7.34. The van der Waals surface area contributed by atoms with E-state index >= 15 is 0 Å². The van der Waals surface area contributed by atoms with Crippen LogP contribution in [0.2, 0.25) is 5.15 Å². The lowest BCUT2D eigenvalue weighted by molar-refractivity contribution is 0.356. The SMILES string of the molecule is COc1cc2ccncc2cc1OC.Clc1nsnc1C1CCc2c(ccc3c2ccc2ccccc23)C1. The van der Waals surface area contributed by atoms with Crippen LogP contribution in [-0.2, 0) is 12.8 Å². The Kier molecular flexibility index (Phi) is 6.83. The number of nitrogens with zero attached hydrogens (tertiary/aromatic N) is 3. The highest BCUT2D eigenvalue weighted by Gasteiger charge is 2.25. The van der Waals surface area contributed by atoms with Crippen molar-refractivity contribution in [2.24, 2.45) is 0 Å². The average Bonchev–Trinajstić information content (AvgIpc) is 3.41. The minimum atomic E-state index is 0.390. The third kappa shape index (κ3) is 4.55. The monoisotopic (exact) mass is 539 g/mol. The van der Waals surface area contributed by atoms with Gasteiger partial charge in [-0.25, -0.2) is 0 Å². The molecule has 0 aliphatic heterocycles. The van der Waals surface area contributed by atoms with Crippen LogP contribution in [-0.4, -0.2) is 28.0 Å². The van der Waals surface area contributed by atoms with Crippen LogP contribution >= 0.6 is 23.3 Å². The summed E-state index contributed by atoms with van der Waals surface area (Å²) in [7, 11) is 3.25. The van der Waals surface area contributed by atoms with Gasteiger partial charge in [0, 0.05) is 23.7 Å². The molecule has 2 aromatic heterocycles. The number of pyridine rings is 1. The lowest BCUT2D eigenvalue weighted by Gasteiger charge is -2.25. The summed E-state index contributed by atoms with van der Waals surface area (Å²) in [5, 5.41) is 8.12. The third-order valence-corrected chi connectivity index (χ3v) is 8.27. The molecular weight excluding hydrogens is 514 g/mol. The maximum absolute atomic E-state index is 6.20. The molecule has 0 saturated carbocycles. The van der Waals surface area contributed by atoms with Gasteiger partial charge >= 0.3 is 0 Å². The van der Waals surface area contributed by atoms with E-state index in [1.54, 1.807) is 26.6 Å². The highest BCUT2D eigenvalue weighted by atomic mass is 35.5. The van der Waals surface area contributed by atoms with Crippen LogP contribution in [0.1, 0.15) is 29.2 Å². The van der Waals surface area contributed by atoms with Crippen molar-refractivity contribution in [2.45, 2.75) is 25.2 Å². The van der Waals surface area contributed by atoms with Crippen molar-refractivity contribution in [1.29, 1.82) is 0 Å². The van der Waals surface area contributed by atoms with Crippen LogP contribution in [0.5, 0.6) is 11.5 Å². The molecule has 1 aliphatic carbocycles. The molecule has 7 rings (SSSR count). The Balaban J connectivity index is 0.000000161. The van der Waals surface area contributed by atoms with Gasteiger partial charge in [-0.15, -0.1) is 0 Å². The molecule has 1 unspecified atom stereocenters. The van der Waals surface area contributed by atoms with Gasteiger partial charge in [-0.1, -0.05) is 60.1 Å². The molecule has 4 aromatic carbocycles. The van der Waals surface area contributed by atoms with Crippen LogP contribution in [0.15, 0.2) is 79.1 Å². The van der Waals surface area contributed by atoms with Gasteiger partial charge < -0.3 is 9.47 Å². The molecule has 1 aliphatic rings. The second-order valence-electron chi connectivity index (χ2n) is 9.40. The maximum atomic E-state index is 6.20. The molecule has 0 spiro atoms. The van der Waals surface area contributed by atoms with E-state index in [2.05, 4.69) is 62.3 Å². The van der Waals surface area contributed by atoms with Crippen LogP contribution in [0.25, 0.3) is 32.3 Å². The number of aromatic nitrogens is 3. The van der Waals surface area contributed by atoms with Gasteiger partial charge in [-0.05, 0) is 75.5 Å². The van der Waals surface area contributed by atoms with Crippen molar-refractivity contribution in [2.75, 3.05) is 14.2 Å². The van der Waals surface area contributed by atoms with E-state index < -0.39 is 0 Å². The first-order valence-corrected chi connectivity index (χ1v) is 13.6. The summed E-state index contributed by atoms with van der Waals surface area (Å²) in [6.45, 7) is 0. The number of rotatable bonds is 3. The predicted octanol–water partition coefficient (Wildman–Crippen LogP) is 8.02. The summed E-state index contributed by atoms with van der Waals surface area (Å²) in [5.41, 5.74) is 3.90. The zero-order valence-electron chi connectivity index (χ0n) is 21.1. The molecular formula is C31H26ClN3O2S. The Morgan fingerprint density at radius 2 is 1.61 bits per heavy atom. The Morgan fingerprint density at radius 1 is 0.816 bits per heavy atom. The second kappa shape index (κ2) is 10.6. The minimum absolute atomic E-state index is 0.390. The van der Waals surface area contributed by atoms with E-state index in [1.165, 1.54) is 44.4 Å². The quantitative estimate of drug-likeness (QED) is 0.213. The fourth-order valence-electron chi connectivity index (χ4n) is 5.44. The van der Waals surface area contributed by atoms with E-state index in [0.29, 0.717) is 11.1 Å². The summed E-state index contributed by atoms with van der Waals surface area (Å²) in [5.74, 6) is 1.86. The number of ether oxygens (including phenoxy) is 2. The number of hydrogen-bond acceptors (Lipinski definition) is 6. The van der Waals surface area contributed by atoms with E-state index in [0.717, 1.165) is 47.2 Å². The summed E-state index contributed by atoms with van der Waals surface area (Å²) in [4.78, 5) is 4.05. The summed E-state index contributed by atoms with van der Waals surface area (Å²) >= 11 is 7.41. The Hall–Kier alpha value is -3.74. The van der Waals surface area contributed by atoms with Crippen molar-refractivity contribution >= 4 is 55.6 Å². The van der Waals surface area contributed by atoms with Gasteiger partial charge in [-0.2, -0.15) is 8.75 Å². The zero-order valence-corrected chi connectivity index (χ0v) is 22.7. The lowest BCUT2D eigenvalue weighted by Crippen LogP contribution is -2.13. The van der Waals surface area contributed by atoms with Gasteiger partial charge in [0.15, 0.2) is 16.7 Å². The smallest absolute Gasteiger partial charge is 0.166 e. The Labute approximate surface area is 230 Å². The molecule has 0 amide bonds. The van der Waals surface area contributed by atoms with Gasteiger partial charge in [0.05, 0.1) is 31.6 Å². The molecule has 38 heavy (non-hydrogen) atoms. The number of benzene rings is 4. The first-order valence-electron chi connectivity index (χ1n) is 12.5. The Morgan fingerprint density at radius 3 is 2.39 bits per heavy atom. The molecule has 2 heterocycles. The first kappa shape index (κ1) is 24.6. The van der Waals surface area contributed by atoms with Crippen LogP contribution in [0, 0.1) is 0 Å². The van der Waals surface area contributed by atoms with E-state index in [4.69, 9.17) is 21.1 Å². The van der Waals surface area contributed by atoms with Crippen molar-refractivity contribution in [3.05, 3.63) is 101 Å². The number of fused-ring (bicyclic) bond motifs is 6. The molecule has 7 heteroatoms. The molecule has 0 N–H and O–H groups in total. The van der Waals surface area contributed by atoms with Gasteiger partial charge in [0.2, 0.25) is 0 Å². The van der Waals surface area contributed by atoms with Crippen molar-refractivity contribution in [3.63, 3.8) is 0 Å². The molecule has 0 saturated heterocycles. The largest absolute Gasteiger partial charge is 0.493 e. The highest BCUT2D eigenvalue weighted by Crippen LogP contribution is 2.39. The molecule has 5 nitrogen and oxygen atoms in total. The van der Waals surface area contributed by atoms with E-state index in [-0.39, 0.29) is 0 Å². The van der Waals surface area contributed by atoms with Crippen molar-refractivity contribution < 1.29 is 9.47 Å². The van der Waals surface area contributed by atoms with E-state index in [1.807, 2.05) is 18.2 Å². The van der Waals surface area contributed by atoms with E-state index in [9.17, 15) is 0 Å². The predicted molar refractivity (Wildman–Crippen MR) is 156 cm³/mol. The lowest BCUT2D eigenvalue weighted by atomic mass is 9.80. The second-order valence-corrected chi connectivity index (χ2v) is 10.3. The number of hydrogen-bond donors (Lipinski definition) is 0. The summed E-state index contributed by atoms with van der Waals surface area (Å²) < 4.78 is 18.9. The molecule has 0 radical (unpaired) electrons. The number of methoxy groups -OCH3 is 2. The normalized spacial score (nSPS) is 14.7. The number of aryl methyl sites for hydroxylation is 1. The van der Waals surface area contributed by atoms with Gasteiger partial charge in [0.25, 0.3) is 0 Å². The minimum Gasteiger partial charge on any atom is -0.493 e. The summed E-state index contributed by atoms with van der Waals surface area (Å²) in [6, 6.07) is 23.5. The van der Waals surface area contributed by atoms with Crippen molar-refractivity contribution in [3.8, 4) is 11.5 Å². The topological polar surface area (TPSA) is 57.1 Å². The van der Waals surface area contributed by atoms with Crippen molar-refractivity contribution in [1.82, 2.24) is 13.7 Å². The maximum Gasteiger partial charge on any atom is 0.166 e. The highest BCUT2D eigenvalue weighted by molar-refractivity contribution is 6.99. The van der Waals surface area contributed by atoms with Crippen LogP contribution in [0.3, 0.4) is 0 Å². The zero-order chi connectivity index (χ0) is 26.1. The Bertz CT molecular complexity index is 1730. The fraction of sp³-hybridized carbons (Fsp3) is 0.194. The molecule has 6 aromatic rings. The van der Waals surface area contributed by atoms with Gasteiger partial charge in [0.1, 0.15) is 0 Å². The molecule has 0 fully saturated rings. The van der Waals surface area contributed by atoms with Gasteiger partial charge in [-0.3, -0.25) is 4.98 Å². The molecule has 190 valence electrons. The summed E-state index contributed by atoms with van der Waals surface area (Å²) in [6.07, 6.45) is 6.72. The van der Waals surface area contributed by atoms with Crippen LogP contribution < -0.4 is 9.47 Å². The fourth-order valence-corrected chi connectivity index (χ4v) is 6.31. The first-order chi connectivity index (χ1) is 18.7.